The Morgan fingerprint density at radius 1 is 1.13 bits per heavy atom. The number of nitrogens with zero attached hydrogens (tertiary/aromatic N) is 2. The first kappa shape index (κ1) is 28.3. The molecule has 9 heteroatoms. The van der Waals surface area contributed by atoms with Crippen molar-refractivity contribution in [1.29, 1.82) is 0 Å². The molecule has 1 saturated heterocycles. The van der Waals surface area contributed by atoms with Crippen LogP contribution in [0.4, 0.5) is 0 Å². The normalized spacial score (nSPS) is 20.5. The van der Waals surface area contributed by atoms with E-state index in [1.807, 2.05) is 6.92 Å². The van der Waals surface area contributed by atoms with Crippen molar-refractivity contribution in [2.45, 2.75) is 76.4 Å². The number of hydrogen-bond acceptors (Lipinski definition) is 5. The summed E-state index contributed by atoms with van der Waals surface area (Å²) in [6.07, 6.45) is 3.48. The Morgan fingerprint density at radius 3 is 2.55 bits per heavy atom. The second-order valence-electron chi connectivity index (χ2n) is 10.9. The Balaban J connectivity index is 1.55. The van der Waals surface area contributed by atoms with Crippen LogP contribution in [0.5, 0.6) is 0 Å². The summed E-state index contributed by atoms with van der Waals surface area (Å²) in [6, 6.07) is 11.7. The third-order valence-electron chi connectivity index (χ3n) is 7.59. The van der Waals surface area contributed by atoms with E-state index in [0.29, 0.717) is 5.92 Å². The minimum Gasteiger partial charge on any atom is -0.370 e. The second-order valence-corrected chi connectivity index (χ2v) is 12.8. The zero-order valence-corrected chi connectivity index (χ0v) is 23.5. The second kappa shape index (κ2) is 12.0. The van der Waals surface area contributed by atoms with E-state index in [2.05, 4.69) is 37.4 Å². The minimum absolute atomic E-state index is 0.108. The fourth-order valence-electron chi connectivity index (χ4n) is 5.51. The highest BCUT2D eigenvalue weighted by molar-refractivity contribution is 7.89. The quantitative estimate of drug-likeness (QED) is 0.449. The third kappa shape index (κ3) is 6.27. The largest absolute Gasteiger partial charge is 0.370 e. The molecule has 1 fully saturated rings. The van der Waals surface area contributed by atoms with Gasteiger partial charge in [-0.05, 0) is 73.9 Å². The van der Waals surface area contributed by atoms with Crippen LogP contribution in [-0.4, -0.2) is 55.1 Å². The van der Waals surface area contributed by atoms with Gasteiger partial charge in [-0.15, -0.1) is 0 Å². The van der Waals surface area contributed by atoms with E-state index in [1.165, 1.54) is 23.3 Å². The predicted molar refractivity (Wildman–Crippen MR) is 148 cm³/mol. The number of carbonyl (C=O) groups is 2. The molecule has 1 aliphatic carbocycles. The number of nitrogens with two attached hydrogens (primary N) is 1. The van der Waals surface area contributed by atoms with Gasteiger partial charge in [0.05, 0.1) is 17.4 Å². The molecule has 0 spiro atoms. The Kier molecular flexibility index (Phi) is 8.90. The van der Waals surface area contributed by atoms with Crippen molar-refractivity contribution >= 4 is 21.8 Å². The highest BCUT2D eigenvalue weighted by Gasteiger charge is 2.45. The molecule has 1 heterocycles. The van der Waals surface area contributed by atoms with Crippen LogP contribution in [0, 0.1) is 12.8 Å². The average molecular weight is 541 g/mol. The average Bonchev–Trinajstić information content (AvgIpc) is 2.87. The Labute approximate surface area is 226 Å². The molecule has 0 saturated carbocycles. The van der Waals surface area contributed by atoms with Crippen molar-refractivity contribution in [3.63, 3.8) is 0 Å². The van der Waals surface area contributed by atoms with Gasteiger partial charge >= 0.3 is 0 Å². The van der Waals surface area contributed by atoms with Crippen molar-refractivity contribution in [3.8, 4) is 0 Å². The summed E-state index contributed by atoms with van der Waals surface area (Å²) < 4.78 is 28.2. The molecule has 0 aromatic heterocycles. The first-order valence-corrected chi connectivity index (χ1v) is 15.0. The lowest BCUT2D eigenvalue weighted by Gasteiger charge is -2.44. The molecule has 2 amide bonds. The molecule has 1 unspecified atom stereocenters. The van der Waals surface area contributed by atoms with E-state index in [9.17, 15) is 18.0 Å². The lowest BCUT2D eigenvalue weighted by molar-refractivity contribution is -0.144. The molecule has 0 bridgehead atoms. The Bertz CT molecular complexity index is 1260. The monoisotopic (exact) mass is 540 g/mol. The lowest BCUT2D eigenvalue weighted by Crippen LogP contribution is -2.60. The van der Waals surface area contributed by atoms with Crippen LogP contribution in [0.15, 0.2) is 47.4 Å². The minimum atomic E-state index is -3.97. The van der Waals surface area contributed by atoms with Gasteiger partial charge in [0.1, 0.15) is 6.04 Å². The van der Waals surface area contributed by atoms with Crippen molar-refractivity contribution in [2.24, 2.45) is 11.7 Å². The van der Waals surface area contributed by atoms with E-state index in [-0.39, 0.29) is 36.4 Å². The number of hydrogen-bond donors (Lipinski definition) is 2. The van der Waals surface area contributed by atoms with Gasteiger partial charge in [0.15, 0.2) is 0 Å². The summed E-state index contributed by atoms with van der Waals surface area (Å²) in [7, 11) is -3.97. The molecule has 2 aliphatic rings. The number of aryl methyl sites for hydroxylation is 2. The van der Waals surface area contributed by atoms with Crippen LogP contribution in [0.25, 0.3) is 0 Å². The van der Waals surface area contributed by atoms with Crippen LogP contribution in [0.1, 0.15) is 67.8 Å². The highest BCUT2D eigenvalue weighted by Crippen LogP contribution is 2.37. The topological polar surface area (TPSA) is 113 Å². The van der Waals surface area contributed by atoms with E-state index in [1.54, 1.807) is 17.0 Å². The van der Waals surface area contributed by atoms with Gasteiger partial charge in [0.25, 0.3) is 0 Å². The fourth-order valence-corrected chi connectivity index (χ4v) is 7.08. The molecule has 38 heavy (non-hydrogen) atoms. The first-order chi connectivity index (χ1) is 18.1. The van der Waals surface area contributed by atoms with Crippen molar-refractivity contribution in [1.82, 2.24) is 14.5 Å². The molecular formula is C29H40N4O4S. The molecule has 2 atom stereocenters. The number of benzene rings is 2. The van der Waals surface area contributed by atoms with Gasteiger partial charge in [-0.3, -0.25) is 9.59 Å². The number of primary amides is 1. The maximum absolute atomic E-state index is 13.8. The van der Waals surface area contributed by atoms with Crippen LogP contribution in [0.3, 0.4) is 0 Å². The summed E-state index contributed by atoms with van der Waals surface area (Å²) in [5.41, 5.74) is 10.0. The number of fused-ring (bicyclic) bond motifs is 1. The van der Waals surface area contributed by atoms with E-state index < -0.39 is 22.0 Å². The van der Waals surface area contributed by atoms with Crippen molar-refractivity contribution in [3.05, 3.63) is 64.7 Å². The standard InChI is InChI=1S/C29H40N4O4S/c1-20(2)13-14-31-19-22-9-12-25-23(17-22)5-4-6-26(25)32-15-16-33(27(29(32)35)18-28(30)34)38(36,37)24-10-7-21(3)8-11-24/h7-12,17,20,26-27,31H,4-6,13-16,18-19H2,1-3H3,(H2,30,34)/t26-,27?/m1/s1. The Hall–Kier alpha value is -2.75. The molecule has 3 N–H and O–H groups in total. The fraction of sp³-hybridized carbons (Fsp3) is 0.517. The molecule has 8 nitrogen and oxygen atoms in total. The zero-order valence-electron chi connectivity index (χ0n) is 22.7. The maximum Gasteiger partial charge on any atom is 0.243 e. The van der Waals surface area contributed by atoms with Crippen LogP contribution in [0.2, 0.25) is 0 Å². The summed E-state index contributed by atoms with van der Waals surface area (Å²) in [5, 5.41) is 3.51. The van der Waals surface area contributed by atoms with E-state index in [4.69, 9.17) is 5.73 Å². The summed E-state index contributed by atoms with van der Waals surface area (Å²) in [4.78, 5) is 27.6. The van der Waals surface area contributed by atoms with Crippen LogP contribution in [-0.2, 0) is 32.6 Å². The summed E-state index contributed by atoms with van der Waals surface area (Å²) in [5.74, 6) is -0.397. The number of sulfonamides is 1. The zero-order chi connectivity index (χ0) is 27.4. The number of piperazine rings is 1. The van der Waals surface area contributed by atoms with Crippen molar-refractivity contribution in [2.75, 3.05) is 19.6 Å². The van der Waals surface area contributed by atoms with Crippen molar-refractivity contribution < 1.29 is 18.0 Å². The Morgan fingerprint density at radius 2 is 1.87 bits per heavy atom. The first-order valence-electron chi connectivity index (χ1n) is 13.6. The van der Waals surface area contributed by atoms with Gasteiger partial charge in [0.2, 0.25) is 21.8 Å². The smallest absolute Gasteiger partial charge is 0.243 e. The molecule has 2 aromatic rings. The van der Waals surface area contributed by atoms with E-state index >= 15 is 0 Å². The van der Waals surface area contributed by atoms with Gasteiger partial charge < -0.3 is 16.0 Å². The summed E-state index contributed by atoms with van der Waals surface area (Å²) in [6.45, 7) is 8.47. The molecule has 1 aliphatic heterocycles. The van der Waals surface area contributed by atoms with Crippen LogP contribution >= 0.6 is 0 Å². The molecular weight excluding hydrogens is 500 g/mol. The maximum atomic E-state index is 13.8. The number of nitrogens with one attached hydrogen (secondary N) is 1. The highest BCUT2D eigenvalue weighted by atomic mass is 32.2. The van der Waals surface area contributed by atoms with Gasteiger partial charge in [-0.2, -0.15) is 4.31 Å². The molecule has 4 rings (SSSR count). The van der Waals surface area contributed by atoms with Gasteiger partial charge in [0, 0.05) is 19.6 Å². The van der Waals surface area contributed by atoms with E-state index in [0.717, 1.165) is 54.2 Å². The van der Waals surface area contributed by atoms with Gasteiger partial charge in [-0.1, -0.05) is 49.7 Å². The number of amides is 2. The predicted octanol–water partition coefficient (Wildman–Crippen LogP) is 3.29. The molecule has 2 aromatic carbocycles. The molecule has 0 radical (unpaired) electrons. The van der Waals surface area contributed by atoms with Gasteiger partial charge in [-0.25, -0.2) is 8.42 Å². The van der Waals surface area contributed by atoms with Crippen LogP contribution < -0.4 is 11.1 Å². The molecule has 206 valence electrons. The number of carbonyl (C=O) groups excluding carboxylic acids is 2. The lowest BCUT2D eigenvalue weighted by atomic mass is 9.85. The third-order valence-corrected chi connectivity index (χ3v) is 9.52. The number of rotatable bonds is 10. The SMILES string of the molecule is Cc1ccc(S(=O)(=O)N2CCN([C@@H]3CCCc4cc(CNCCC(C)C)ccc43)C(=O)C2CC(N)=O)cc1. The summed E-state index contributed by atoms with van der Waals surface area (Å²) >= 11 is 0.